The minimum Gasteiger partial charge on any atom is -0.323 e. The molecule has 3 heteroatoms. The monoisotopic (exact) mass is 191 g/mol. The van der Waals surface area contributed by atoms with Crippen molar-refractivity contribution >= 4 is 0 Å². The lowest BCUT2D eigenvalue weighted by Crippen LogP contribution is -2.09. The predicted molar refractivity (Wildman–Crippen MR) is 55.8 cm³/mol. The number of nitrogens with zero attached hydrogens (tertiary/aromatic N) is 2. The van der Waals surface area contributed by atoms with Gasteiger partial charge >= 0.3 is 0 Å². The first-order valence-corrected chi connectivity index (χ1v) is 5.35. The molecule has 1 heterocycles. The second kappa shape index (κ2) is 4.05. The van der Waals surface area contributed by atoms with E-state index in [2.05, 4.69) is 16.0 Å². The van der Waals surface area contributed by atoms with Crippen LogP contribution in [0.4, 0.5) is 0 Å². The van der Waals surface area contributed by atoms with Gasteiger partial charge in [0.25, 0.3) is 0 Å². The highest BCUT2D eigenvalue weighted by Gasteiger charge is 2.18. The highest BCUT2D eigenvalue weighted by molar-refractivity contribution is 5.15. The van der Waals surface area contributed by atoms with E-state index in [4.69, 9.17) is 5.73 Å². The summed E-state index contributed by atoms with van der Waals surface area (Å²) >= 11 is 0. The molecular formula is C11H17N3. The van der Waals surface area contributed by atoms with E-state index in [-0.39, 0.29) is 6.04 Å². The fraction of sp³-hybridized carbons (Fsp3) is 0.636. The molecule has 0 saturated heterocycles. The van der Waals surface area contributed by atoms with Crippen LogP contribution in [0, 0.1) is 0 Å². The lowest BCUT2D eigenvalue weighted by atomic mass is 10.0. The van der Waals surface area contributed by atoms with Gasteiger partial charge in [0.1, 0.15) is 6.33 Å². The quantitative estimate of drug-likeness (QED) is 0.779. The maximum atomic E-state index is 5.79. The molecule has 0 spiro atoms. The van der Waals surface area contributed by atoms with Crippen LogP contribution in [0.1, 0.15) is 56.0 Å². The van der Waals surface area contributed by atoms with Crippen LogP contribution in [0.2, 0.25) is 0 Å². The molecule has 0 bridgehead atoms. The molecule has 2 rings (SSSR count). The van der Waals surface area contributed by atoms with Crippen molar-refractivity contribution < 1.29 is 0 Å². The van der Waals surface area contributed by atoms with Crippen LogP contribution in [0.15, 0.2) is 12.4 Å². The summed E-state index contributed by atoms with van der Waals surface area (Å²) in [5, 5.41) is 0. The molecule has 1 saturated carbocycles. The Kier molecular flexibility index (Phi) is 2.77. The molecule has 14 heavy (non-hydrogen) atoms. The zero-order valence-corrected chi connectivity index (χ0v) is 8.61. The van der Waals surface area contributed by atoms with Crippen molar-refractivity contribution in [3.8, 4) is 0 Å². The summed E-state index contributed by atoms with van der Waals surface area (Å²) in [6, 6.07) is 2.08. The van der Waals surface area contributed by atoms with E-state index in [1.807, 2.05) is 6.92 Å². The van der Waals surface area contributed by atoms with E-state index >= 15 is 0 Å². The normalized spacial score (nSPS) is 19.9. The summed E-state index contributed by atoms with van der Waals surface area (Å²) in [7, 11) is 0. The van der Waals surface area contributed by atoms with Crippen molar-refractivity contribution in [1.82, 2.24) is 9.97 Å². The van der Waals surface area contributed by atoms with Gasteiger partial charge in [-0.15, -0.1) is 0 Å². The molecule has 1 unspecified atom stereocenters. The molecule has 3 nitrogen and oxygen atoms in total. The largest absolute Gasteiger partial charge is 0.323 e. The summed E-state index contributed by atoms with van der Waals surface area (Å²) in [6.07, 6.45) is 6.86. The average Bonchev–Trinajstić information content (AvgIpc) is 2.71. The van der Waals surface area contributed by atoms with E-state index in [9.17, 15) is 0 Å². The van der Waals surface area contributed by atoms with Crippen LogP contribution in [0.25, 0.3) is 0 Å². The highest BCUT2D eigenvalue weighted by Crippen LogP contribution is 2.33. The molecule has 0 radical (unpaired) electrons. The van der Waals surface area contributed by atoms with Crippen LogP contribution in [0.5, 0.6) is 0 Å². The fourth-order valence-electron chi connectivity index (χ4n) is 2.08. The Morgan fingerprint density at radius 1 is 1.36 bits per heavy atom. The molecule has 1 aromatic heterocycles. The van der Waals surface area contributed by atoms with E-state index in [1.165, 1.54) is 31.4 Å². The van der Waals surface area contributed by atoms with Gasteiger partial charge in [-0.2, -0.15) is 0 Å². The van der Waals surface area contributed by atoms with Gasteiger partial charge in [-0.05, 0) is 25.8 Å². The maximum Gasteiger partial charge on any atom is 0.116 e. The molecule has 0 aromatic carbocycles. The third-order valence-corrected chi connectivity index (χ3v) is 2.95. The number of rotatable bonds is 2. The van der Waals surface area contributed by atoms with E-state index in [0.717, 1.165) is 5.69 Å². The third-order valence-electron chi connectivity index (χ3n) is 2.95. The first kappa shape index (κ1) is 9.59. The summed E-state index contributed by atoms with van der Waals surface area (Å²) in [6.45, 7) is 1.96. The van der Waals surface area contributed by atoms with Gasteiger partial charge in [-0.25, -0.2) is 9.97 Å². The molecule has 1 atom stereocenters. The second-order valence-electron chi connectivity index (χ2n) is 4.14. The number of nitrogens with two attached hydrogens (primary N) is 1. The lowest BCUT2D eigenvalue weighted by Gasteiger charge is -2.10. The fourth-order valence-corrected chi connectivity index (χ4v) is 2.08. The molecule has 1 aliphatic rings. The average molecular weight is 191 g/mol. The van der Waals surface area contributed by atoms with Crippen molar-refractivity contribution in [2.75, 3.05) is 0 Å². The van der Waals surface area contributed by atoms with Crippen molar-refractivity contribution in [3.05, 3.63) is 23.8 Å². The predicted octanol–water partition coefficient (Wildman–Crippen LogP) is 2.15. The van der Waals surface area contributed by atoms with Gasteiger partial charge in [-0.1, -0.05) is 12.8 Å². The maximum absolute atomic E-state index is 5.79. The molecule has 1 aromatic rings. The number of hydrogen-bond donors (Lipinski definition) is 1. The smallest absolute Gasteiger partial charge is 0.116 e. The van der Waals surface area contributed by atoms with Crippen LogP contribution in [0.3, 0.4) is 0 Å². The SMILES string of the molecule is CC(N)c1cc(C2CCCC2)ncn1. The summed E-state index contributed by atoms with van der Waals surface area (Å²) in [4.78, 5) is 8.51. The van der Waals surface area contributed by atoms with Crippen molar-refractivity contribution in [2.24, 2.45) is 5.73 Å². The summed E-state index contributed by atoms with van der Waals surface area (Å²) < 4.78 is 0. The Balaban J connectivity index is 2.21. The second-order valence-corrected chi connectivity index (χ2v) is 4.14. The Morgan fingerprint density at radius 2 is 2.07 bits per heavy atom. The Labute approximate surface area is 84.8 Å². The van der Waals surface area contributed by atoms with E-state index in [0.29, 0.717) is 5.92 Å². The van der Waals surface area contributed by atoms with E-state index < -0.39 is 0 Å². The van der Waals surface area contributed by atoms with Crippen molar-refractivity contribution in [3.63, 3.8) is 0 Å². The summed E-state index contributed by atoms with van der Waals surface area (Å²) in [5.41, 5.74) is 7.94. The Hall–Kier alpha value is -0.960. The lowest BCUT2D eigenvalue weighted by molar-refractivity contribution is 0.680. The van der Waals surface area contributed by atoms with Gasteiger partial charge < -0.3 is 5.73 Å². The molecule has 0 aliphatic heterocycles. The van der Waals surface area contributed by atoms with Crippen LogP contribution < -0.4 is 5.73 Å². The molecule has 76 valence electrons. The zero-order chi connectivity index (χ0) is 9.97. The molecule has 0 amide bonds. The molecule has 1 fully saturated rings. The minimum absolute atomic E-state index is 0.0122. The number of aromatic nitrogens is 2. The Morgan fingerprint density at radius 3 is 2.71 bits per heavy atom. The van der Waals surface area contributed by atoms with Gasteiger partial charge in [0.05, 0.1) is 5.69 Å². The molecular weight excluding hydrogens is 174 g/mol. The van der Waals surface area contributed by atoms with Gasteiger partial charge in [0.15, 0.2) is 0 Å². The Bertz CT molecular complexity index is 303. The topological polar surface area (TPSA) is 51.8 Å². The van der Waals surface area contributed by atoms with Gasteiger partial charge in [0, 0.05) is 17.7 Å². The first-order valence-electron chi connectivity index (χ1n) is 5.35. The first-order chi connectivity index (χ1) is 6.77. The van der Waals surface area contributed by atoms with Crippen LogP contribution in [-0.4, -0.2) is 9.97 Å². The van der Waals surface area contributed by atoms with Crippen molar-refractivity contribution in [1.29, 1.82) is 0 Å². The van der Waals surface area contributed by atoms with Crippen molar-refractivity contribution in [2.45, 2.75) is 44.6 Å². The highest BCUT2D eigenvalue weighted by atomic mass is 14.9. The number of hydrogen-bond acceptors (Lipinski definition) is 3. The van der Waals surface area contributed by atoms with Crippen LogP contribution in [-0.2, 0) is 0 Å². The molecule has 1 aliphatic carbocycles. The van der Waals surface area contributed by atoms with E-state index in [1.54, 1.807) is 6.33 Å². The standard InChI is InChI=1S/C11H17N3/c1-8(12)10-6-11(14-7-13-10)9-4-2-3-5-9/h6-9H,2-5,12H2,1H3. The minimum atomic E-state index is 0.0122. The summed E-state index contributed by atoms with van der Waals surface area (Å²) in [5.74, 6) is 0.649. The third kappa shape index (κ3) is 1.93. The molecule has 2 N–H and O–H groups in total. The van der Waals surface area contributed by atoms with Gasteiger partial charge in [-0.3, -0.25) is 0 Å². The van der Waals surface area contributed by atoms with Crippen LogP contribution >= 0.6 is 0 Å². The van der Waals surface area contributed by atoms with Gasteiger partial charge in [0.2, 0.25) is 0 Å². The zero-order valence-electron chi connectivity index (χ0n) is 8.61.